The molecule has 3 nitrogen and oxygen atoms in total. The highest BCUT2D eigenvalue weighted by Gasteiger charge is 2.34. The fourth-order valence-corrected chi connectivity index (χ4v) is 7.35. The first-order chi connectivity index (χ1) is 25.3. The molecule has 240 valence electrons. The second kappa shape index (κ2) is 11.9. The number of ether oxygens (including phenoxy) is 2. The Bertz CT molecular complexity index is 2560. The van der Waals surface area contributed by atoms with Crippen molar-refractivity contribution in [2.45, 2.75) is 0 Å². The molecule has 0 unspecified atom stereocenters. The van der Waals surface area contributed by atoms with Gasteiger partial charge in [0.2, 0.25) is 0 Å². The van der Waals surface area contributed by atoms with Crippen molar-refractivity contribution in [3.05, 3.63) is 188 Å². The monoisotopic (exact) mass is 653 g/mol. The molecule has 0 radical (unpaired) electrons. The van der Waals surface area contributed by atoms with E-state index in [1.165, 1.54) is 33.4 Å². The van der Waals surface area contributed by atoms with Gasteiger partial charge in [-0.2, -0.15) is 0 Å². The van der Waals surface area contributed by atoms with Crippen LogP contribution in [0.2, 0.25) is 0 Å². The third-order valence-electron chi connectivity index (χ3n) is 9.89. The quantitative estimate of drug-likeness (QED) is 0.184. The first kappa shape index (κ1) is 29.1. The molecule has 0 saturated carbocycles. The van der Waals surface area contributed by atoms with Crippen LogP contribution in [-0.2, 0) is 0 Å². The topological polar surface area (TPSA) is 21.7 Å². The van der Waals surface area contributed by atoms with E-state index >= 15 is 0 Å². The molecule has 0 saturated heterocycles. The van der Waals surface area contributed by atoms with Gasteiger partial charge in [-0.1, -0.05) is 152 Å². The van der Waals surface area contributed by atoms with Crippen molar-refractivity contribution in [1.82, 2.24) is 0 Å². The number of rotatable bonds is 5. The molecular formula is C48H31NO2. The van der Waals surface area contributed by atoms with Gasteiger partial charge in [-0.25, -0.2) is 0 Å². The largest absolute Gasteiger partial charge is 0.453 e. The highest BCUT2D eigenvalue weighted by molar-refractivity contribution is 5.95. The maximum Gasteiger partial charge on any atom is 0.155 e. The van der Waals surface area contributed by atoms with Gasteiger partial charge in [-0.05, 0) is 92.0 Å². The SMILES string of the molecule is c1ccc(-c2ccc(-c3ccc4c(c3)Oc3cccc5c3N4c3ccc(-c4ccc(-c6ccccc6-c6ccccc6)cc4)cc3O5)cc2)cc1. The summed E-state index contributed by atoms with van der Waals surface area (Å²) in [6.45, 7) is 0. The number of para-hydroxylation sites is 1. The van der Waals surface area contributed by atoms with Crippen molar-refractivity contribution in [3.8, 4) is 78.6 Å². The second-order valence-electron chi connectivity index (χ2n) is 12.9. The molecule has 0 aliphatic carbocycles. The molecule has 2 aliphatic heterocycles. The first-order valence-corrected chi connectivity index (χ1v) is 17.2. The van der Waals surface area contributed by atoms with E-state index in [2.05, 4.69) is 169 Å². The molecule has 0 fully saturated rings. The van der Waals surface area contributed by atoms with Crippen LogP contribution >= 0.6 is 0 Å². The zero-order valence-electron chi connectivity index (χ0n) is 27.7. The lowest BCUT2D eigenvalue weighted by Gasteiger charge is -2.38. The minimum absolute atomic E-state index is 0.774. The molecule has 0 bridgehead atoms. The first-order valence-electron chi connectivity index (χ1n) is 17.2. The number of nitrogens with zero attached hydrogens (tertiary/aromatic N) is 1. The Hall–Kier alpha value is -6.84. The zero-order valence-corrected chi connectivity index (χ0v) is 27.7. The lowest BCUT2D eigenvalue weighted by Crippen LogP contribution is -2.20. The molecule has 51 heavy (non-hydrogen) atoms. The molecule has 2 aliphatic rings. The van der Waals surface area contributed by atoms with Gasteiger partial charge in [-0.15, -0.1) is 0 Å². The van der Waals surface area contributed by atoms with E-state index in [-0.39, 0.29) is 0 Å². The number of fused-ring (bicyclic) bond motifs is 4. The summed E-state index contributed by atoms with van der Waals surface area (Å²) in [7, 11) is 0. The maximum absolute atomic E-state index is 6.58. The van der Waals surface area contributed by atoms with E-state index in [1.54, 1.807) is 0 Å². The normalized spacial score (nSPS) is 12.2. The van der Waals surface area contributed by atoms with Crippen LogP contribution in [0.25, 0.3) is 55.6 Å². The van der Waals surface area contributed by atoms with E-state index in [9.17, 15) is 0 Å². The van der Waals surface area contributed by atoms with E-state index in [0.29, 0.717) is 0 Å². The van der Waals surface area contributed by atoms with Crippen molar-refractivity contribution in [1.29, 1.82) is 0 Å². The summed E-state index contributed by atoms with van der Waals surface area (Å²) < 4.78 is 13.1. The van der Waals surface area contributed by atoms with Gasteiger partial charge in [0.25, 0.3) is 0 Å². The van der Waals surface area contributed by atoms with Crippen molar-refractivity contribution < 1.29 is 9.47 Å². The summed E-state index contributed by atoms with van der Waals surface area (Å²) in [5, 5.41) is 0. The molecule has 8 aromatic carbocycles. The van der Waals surface area contributed by atoms with Crippen LogP contribution < -0.4 is 14.4 Å². The van der Waals surface area contributed by atoms with Crippen molar-refractivity contribution >= 4 is 17.1 Å². The summed E-state index contributed by atoms with van der Waals surface area (Å²) in [4.78, 5) is 2.28. The molecule has 2 heterocycles. The average Bonchev–Trinajstić information content (AvgIpc) is 3.21. The lowest BCUT2D eigenvalue weighted by atomic mass is 9.93. The van der Waals surface area contributed by atoms with Crippen LogP contribution in [0.3, 0.4) is 0 Å². The average molecular weight is 654 g/mol. The Labute approximate surface area is 297 Å². The number of hydrogen-bond donors (Lipinski definition) is 0. The van der Waals surface area contributed by atoms with Gasteiger partial charge in [0.1, 0.15) is 5.69 Å². The summed E-state index contributed by atoms with van der Waals surface area (Å²) in [6, 6.07) is 66.1. The van der Waals surface area contributed by atoms with Gasteiger partial charge >= 0.3 is 0 Å². The molecular weight excluding hydrogens is 623 g/mol. The van der Waals surface area contributed by atoms with E-state index in [1.807, 2.05) is 24.3 Å². The predicted molar refractivity (Wildman–Crippen MR) is 208 cm³/mol. The van der Waals surface area contributed by atoms with Gasteiger partial charge in [0.05, 0.1) is 11.4 Å². The summed E-state index contributed by atoms with van der Waals surface area (Å²) in [6.07, 6.45) is 0. The standard InChI is InChI=1S/C48H31NO2/c1-3-10-32(11-4-1)33-18-20-34(21-19-33)38-26-28-42-46(30-38)50-44-16-9-17-45-48(44)49(42)43-29-27-39(31-47(43)51-45)35-22-24-37(25-23-35)41-15-8-7-14-40(41)36-12-5-2-6-13-36/h1-31H. The van der Waals surface area contributed by atoms with Crippen molar-refractivity contribution in [3.63, 3.8) is 0 Å². The van der Waals surface area contributed by atoms with Crippen LogP contribution in [0.15, 0.2) is 188 Å². The van der Waals surface area contributed by atoms with Crippen LogP contribution in [0.1, 0.15) is 0 Å². The van der Waals surface area contributed by atoms with Crippen LogP contribution in [-0.4, -0.2) is 0 Å². The Morgan fingerprint density at radius 3 is 1.16 bits per heavy atom. The minimum atomic E-state index is 0.774. The second-order valence-corrected chi connectivity index (χ2v) is 12.9. The van der Waals surface area contributed by atoms with E-state index in [4.69, 9.17) is 9.47 Å². The Morgan fingerprint density at radius 1 is 0.275 bits per heavy atom. The zero-order chi connectivity index (χ0) is 33.7. The van der Waals surface area contributed by atoms with Gasteiger partial charge in [0.15, 0.2) is 23.0 Å². The lowest BCUT2D eigenvalue weighted by molar-refractivity contribution is 0.446. The molecule has 0 atom stereocenters. The van der Waals surface area contributed by atoms with Gasteiger partial charge in [-0.3, -0.25) is 4.90 Å². The molecule has 0 N–H and O–H groups in total. The van der Waals surface area contributed by atoms with Crippen molar-refractivity contribution in [2.24, 2.45) is 0 Å². The molecule has 0 amide bonds. The van der Waals surface area contributed by atoms with Crippen LogP contribution in [0.4, 0.5) is 17.1 Å². The number of benzene rings is 8. The minimum Gasteiger partial charge on any atom is -0.453 e. The molecule has 0 aromatic heterocycles. The van der Waals surface area contributed by atoms with Crippen LogP contribution in [0.5, 0.6) is 23.0 Å². The van der Waals surface area contributed by atoms with Crippen molar-refractivity contribution in [2.75, 3.05) is 4.90 Å². The Kier molecular flexibility index (Phi) is 6.81. The fourth-order valence-electron chi connectivity index (χ4n) is 7.35. The third kappa shape index (κ3) is 5.06. The fraction of sp³-hybridized carbons (Fsp3) is 0. The summed E-state index contributed by atoms with van der Waals surface area (Å²) >= 11 is 0. The summed E-state index contributed by atoms with van der Waals surface area (Å²) in [5.41, 5.74) is 14.6. The molecule has 10 rings (SSSR count). The highest BCUT2D eigenvalue weighted by atomic mass is 16.5. The molecule has 0 spiro atoms. The smallest absolute Gasteiger partial charge is 0.155 e. The molecule has 3 heteroatoms. The van der Waals surface area contributed by atoms with Gasteiger partial charge < -0.3 is 9.47 Å². The highest BCUT2D eigenvalue weighted by Crippen LogP contribution is 2.60. The van der Waals surface area contributed by atoms with Crippen LogP contribution in [0, 0.1) is 0 Å². The molecule has 8 aromatic rings. The maximum atomic E-state index is 6.58. The number of hydrogen-bond acceptors (Lipinski definition) is 3. The summed E-state index contributed by atoms with van der Waals surface area (Å²) in [5.74, 6) is 3.17. The predicted octanol–water partition coefficient (Wildman–Crippen LogP) is 13.7. The number of anilines is 3. The van der Waals surface area contributed by atoms with E-state index < -0.39 is 0 Å². The third-order valence-corrected chi connectivity index (χ3v) is 9.89. The Balaban J connectivity index is 0.982. The van der Waals surface area contributed by atoms with Gasteiger partial charge in [0, 0.05) is 0 Å². The van der Waals surface area contributed by atoms with E-state index in [0.717, 1.165) is 62.3 Å². The Morgan fingerprint density at radius 2 is 0.647 bits per heavy atom.